The fraction of sp³-hybridized carbons (Fsp3) is 0.0714. The van der Waals surface area contributed by atoms with Gasteiger partial charge in [0.25, 0.3) is 0 Å². The van der Waals surface area contributed by atoms with Gasteiger partial charge in [-0.3, -0.25) is 0 Å². The van der Waals surface area contributed by atoms with Gasteiger partial charge in [-0.15, -0.1) is 0 Å². The zero-order valence-electron chi connectivity index (χ0n) is 17.9. The van der Waals surface area contributed by atoms with E-state index in [2.05, 4.69) is 0 Å². The summed E-state index contributed by atoms with van der Waals surface area (Å²) in [5.41, 5.74) is 4.75. The molecule has 0 bridgehead atoms. The Balaban J connectivity index is 1.42. The van der Waals surface area contributed by atoms with Crippen molar-refractivity contribution < 1.29 is 19.1 Å². The van der Waals surface area contributed by atoms with Gasteiger partial charge in [-0.05, 0) is 72.5 Å². The van der Waals surface area contributed by atoms with Gasteiger partial charge in [0.15, 0.2) is 0 Å². The van der Waals surface area contributed by atoms with Crippen LogP contribution in [0.5, 0.6) is 11.5 Å². The number of carbonyl (C=O) groups excluding carboxylic acids is 2. The third-order valence-electron chi connectivity index (χ3n) is 5.19. The lowest BCUT2D eigenvalue weighted by Gasteiger charge is -2.09. The number of hydrogen-bond donors (Lipinski definition) is 0. The van der Waals surface area contributed by atoms with E-state index in [9.17, 15) is 9.59 Å². The molecule has 0 saturated heterocycles. The molecule has 0 aliphatic carbocycles. The molecule has 0 aliphatic heterocycles. The van der Waals surface area contributed by atoms with E-state index in [0.29, 0.717) is 22.6 Å². The Hall–Kier alpha value is -4.18. The summed E-state index contributed by atoms with van der Waals surface area (Å²) < 4.78 is 11.0. The molecule has 0 unspecified atom stereocenters. The summed E-state index contributed by atoms with van der Waals surface area (Å²) in [7, 11) is 0. The highest BCUT2D eigenvalue weighted by atomic mass is 16.5. The molecular weight excluding hydrogens is 400 g/mol. The summed E-state index contributed by atoms with van der Waals surface area (Å²) in [5.74, 6) is 0.197. The highest BCUT2D eigenvalue weighted by molar-refractivity contribution is 5.93. The summed E-state index contributed by atoms with van der Waals surface area (Å²) in [5, 5.41) is 0. The van der Waals surface area contributed by atoms with Crippen molar-refractivity contribution in [3.8, 4) is 22.6 Å². The van der Waals surface area contributed by atoms with Crippen molar-refractivity contribution in [1.82, 2.24) is 0 Å². The SMILES string of the molecule is Cc1ccccc1C(=O)Oc1ccc(-c2ccc(OC(=O)c3ccccc3C)cc2)cc1. The highest BCUT2D eigenvalue weighted by Crippen LogP contribution is 2.26. The molecule has 0 amide bonds. The molecule has 4 heteroatoms. The summed E-state index contributed by atoms with van der Waals surface area (Å²) in [6, 6.07) is 29.2. The van der Waals surface area contributed by atoms with Gasteiger partial charge in [0.05, 0.1) is 11.1 Å². The van der Waals surface area contributed by atoms with Crippen LogP contribution in [0.3, 0.4) is 0 Å². The Bertz CT molecular complexity index is 1150. The Morgan fingerprint density at radius 2 is 0.844 bits per heavy atom. The molecule has 4 rings (SSSR count). The second-order valence-corrected chi connectivity index (χ2v) is 7.46. The minimum atomic E-state index is -0.379. The van der Waals surface area contributed by atoms with Crippen LogP contribution < -0.4 is 9.47 Å². The number of carbonyl (C=O) groups is 2. The number of esters is 2. The van der Waals surface area contributed by atoms with E-state index >= 15 is 0 Å². The molecule has 0 atom stereocenters. The zero-order chi connectivity index (χ0) is 22.5. The summed E-state index contributed by atoms with van der Waals surface area (Å²) >= 11 is 0. The lowest BCUT2D eigenvalue weighted by Crippen LogP contribution is -2.10. The maximum absolute atomic E-state index is 12.4. The first kappa shape index (κ1) is 21.1. The molecule has 0 heterocycles. The first-order valence-electron chi connectivity index (χ1n) is 10.3. The predicted octanol–water partition coefficient (Wildman–Crippen LogP) is 6.41. The largest absolute Gasteiger partial charge is 0.423 e. The summed E-state index contributed by atoms with van der Waals surface area (Å²) in [6.07, 6.45) is 0. The van der Waals surface area contributed by atoms with E-state index in [-0.39, 0.29) is 11.9 Å². The third-order valence-corrected chi connectivity index (χ3v) is 5.19. The Labute approximate surface area is 187 Å². The number of hydrogen-bond acceptors (Lipinski definition) is 4. The van der Waals surface area contributed by atoms with Gasteiger partial charge in [-0.25, -0.2) is 9.59 Å². The standard InChI is InChI=1S/C28H22O4/c1-19-7-3-5-9-25(19)27(29)31-23-15-11-21(12-16-23)22-13-17-24(18-14-22)32-28(30)26-10-6-4-8-20(26)2/h3-18H,1-2H3. The topological polar surface area (TPSA) is 52.6 Å². The molecular formula is C28H22O4. The molecule has 4 aromatic carbocycles. The molecule has 158 valence electrons. The zero-order valence-corrected chi connectivity index (χ0v) is 17.9. The van der Waals surface area contributed by atoms with Crippen LogP contribution in [0.15, 0.2) is 97.1 Å². The van der Waals surface area contributed by atoms with Crippen LogP contribution in [-0.4, -0.2) is 11.9 Å². The summed E-state index contributed by atoms with van der Waals surface area (Å²) in [6.45, 7) is 3.75. The van der Waals surface area contributed by atoms with Gasteiger partial charge < -0.3 is 9.47 Å². The first-order chi connectivity index (χ1) is 15.5. The van der Waals surface area contributed by atoms with Crippen molar-refractivity contribution in [2.75, 3.05) is 0 Å². The minimum Gasteiger partial charge on any atom is -0.423 e. The van der Waals surface area contributed by atoms with Crippen molar-refractivity contribution in [1.29, 1.82) is 0 Å². The van der Waals surface area contributed by atoms with Crippen molar-refractivity contribution >= 4 is 11.9 Å². The molecule has 4 aromatic rings. The second-order valence-electron chi connectivity index (χ2n) is 7.46. The Morgan fingerprint density at radius 1 is 0.500 bits per heavy atom. The average Bonchev–Trinajstić information content (AvgIpc) is 2.80. The van der Waals surface area contributed by atoms with Crippen molar-refractivity contribution in [3.63, 3.8) is 0 Å². The van der Waals surface area contributed by atoms with Gasteiger partial charge in [-0.1, -0.05) is 60.7 Å². The van der Waals surface area contributed by atoms with Gasteiger partial charge in [0.2, 0.25) is 0 Å². The maximum Gasteiger partial charge on any atom is 0.343 e. The van der Waals surface area contributed by atoms with Gasteiger partial charge in [0.1, 0.15) is 11.5 Å². The van der Waals surface area contributed by atoms with Crippen molar-refractivity contribution in [2.45, 2.75) is 13.8 Å². The van der Waals surface area contributed by atoms with E-state index in [1.54, 1.807) is 36.4 Å². The number of benzene rings is 4. The van der Waals surface area contributed by atoms with Gasteiger partial charge >= 0.3 is 11.9 Å². The highest BCUT2D eigenvalue weighted by Gasteiger charge is 2.12. The normalized spacial score (nSPS) is 10.4. The van der Waals surface area contributed by atoms with E-state index in [1.807, 2.05) is 74.5 Å². The quantitative estimate of drug-likeness (QED) is 0.275. The molecule has 32 heavy (non-hydrogen) atoms. The fourth-order valence-corrected chi connectivity index (χ4v) is 3.36. The Kier molecular flexibility index (Phi) is 6.13. The van der Waals surface area contributed by atoms with E-state index < -0.39 is 0 Å². The lowest BCUT2D eigenvalue weighted by atomic mass is 10.1. The molecule has 0 fully saturated rings. The predicted molar refractivity (Wildman–Crippen MR) is 124 cm³/mol. The van der Waals surface area contributed by atoms with Crippen LogP contribution in [0.25, 0.3) is 11.1 Å². The molecule has 0 aliphatic rings. The van der Waals surface area contributed by atoms with Crippen LogP contribution in [0.1, 0.15) is 31.8 Å². The first-order valence-corrected chi connectivity index (χ1v) is 10.3. The number of rotatable bonds is 5. The lowest BCUT2D eigenvalue weighted by molar-refractivity contribution is 0.0724. The van der Waals surface area contributed by atoms with E-state index in [0.717, 1.165) is 22.3 Å². The van der Waals surface area contributed by atoms with Gasteiger partial charge in [0, 0.05) is 0 Å². The van der Waals surface area contributed by atoms with Crippen LogP contribution in [-0.2, 0) is 0 Å². The Morgan fingerprint density at radius 3 is 1.19 bits per heavy atom. The number of ether oxygens (including phenoxy) is 2. The summed E-state index contributed by atoms with van der Waals surface area (Å²) in [4.78, 5) is 24.8. The molecule has 0 spiro atoms. The monoisotopic (exact) mass is 422 g/mol. The fourth-order valence-electron chi connectivity index (χ4n) is 3.36. The third kappa shape index (κ3) is 4.76. The molecule has 0 aromatic heterocycles. The van der Waals surface area contributed by atoms with Crippen LogP contribution in [0, 0.1) is 13.8 Å². The van der Waals surface area contributed by atoms with Gasteiger partial charge in [-0.2, -0.15) is 0 Å². The molecule has 0 radical (unpaired) electrons. The van der Waals surface area contributed by atoms with E-state index in [4.69, 9.17) is 9.47 Å². The van der Waals surface area contributed by atoms with Crippen molar-refractivity contribution in [3.05, 3.63) is 119 Å². The maximum atomic E-state index is 12.4. The second kappa shape index (κ2) is 9.31. The minimum absolute atomic E-state index is 0.379. The van der Waals surface area contributed by atoms with Crippen molar-refractivity contribution in [2.24, 2.45) is 0 Å². The molecule has 0 saturated carbocycles. The van der Waals surface area contributed by atoms with E-state index in [1.165, 1.54) is 0 Å². The molecule has 4 nitrogen and oxygen atoms in total. The number of aryl methyl sites for hydroxylation is 2. The molecule has 0 N–H and O–H groups in total. The van der Waals surface area contributed by atoms with Crippen LogP contribution >= 0.6 is 0 Å². The van der Waals surface area contributed by atoms with Crippen LogP contribution in [0.2, 0.25) is 0 Å². The average molecular weight is 422 g/mol. The smallest absolute Gasteiger partial charge is 0.343 e. The van der Waals surface area contributed by atoms with Crippen LogP contribution in [0.4, 0.5) is 0 Å².